The van der Waals surface area contributed by atoms with Crippen LogP contribution >= 0.6 is 12.4 Å². The van der Waals surface area contributed by atoms with E-state index in [0.29, 0.717) is 26.2 Å². The number of hydrogen-bond donors (Lipinski definition) is 1. The Hall–Kier alpha value is -2.39. The molecule has 0 atom stereocenters. The minimum absolute atomic E-state index is 0. The second kappa shape index (κ2) is 7.56. The quantitative estimate of drug-likeness (QED) is 0.777. The van der Waals surface area contributed by atoms with Crippen molar-refractivity contribution in [3.8, 4) is 5.75 Å². The molecule has 152 valence electrons. The van der Waals surface area contributed by atoms with Crippen molar-refractivity contribution in [3.05, 3.63) is 34.1 Å². The van der Waals surface area contributed by atoms with Gasteiger partial charge in [-0.3, -0.25) is 4.79 Å². The number of nitrogens with zero attached hydrogens (tertiary/aromatic N) is 3. The predicted molar refractivity (Wildman–Crippen MR) is 102 cm³/mol. The standard InChI is InChI=1S/C18H19F2N3O4.ClH/c1-21-4-6-22(7-5-21)16-12(19)8-11-15(14(16)20)23(10-2-3-10)9-13(17(11)24)27-18(25)26;/h8-10H,2-7H2,1H3,(H,25,26);1H. The Balaban J connectivity index is 0.00000225. The minimum atomic E-state index is -1.65. The lowest BCUT2D eigenvalue weighted by Gasteiger charge is -2.34. The van der Waals surface area contributed by atoms with Crippen molar-refractivity contribution in [2.45, 2.75) is 18.9 Å². The SMILES string of the molecule is CN1CCN(c2c(F)cc3c(=O)c(OC(=O)O)cn(C4CC4)c3c2F)CC1.Cl. The fourth-order valence-electron chi connectivity index (χ4n) is 3.53. The van der Waals surface area contributed by atoms with Crippen molar-refractivity contribution >= 4 is 35.2 Å². The van der Waals surface area contributed by atoms with Crippen LogP contribution in [0.2, 0.25) is 0 Å². The van der Waals surface area contributed by atoms with E-state index in [1.807, 2.05) is 7.05 Å². The zero-order valence-corrected chi connectivity index (χ0v) is 16.0. The van der Waals surface area contributed by atoms with Crippen LogP contribution in [0.3, 0.4) is 0 Å². The van der Waals surface area contributed by atoms with Crippen molar-refractivity contribution < 1.29 is 23.4 Å². The van der Waals surface area contributed by atoms with E-state index in [4.69, 9.17) is 5.11 Å². The second-order valence-corrected chi connectivity index (χ2v) is 7.04. The van der Waals surface area contributed by atoms with Crippen LogP contribution in [0.15, 0.2) is 17.1 Å². The fourth-order valence-corrected chi connectivity index (χ4v) is 3.53. The molecule has 2 fully saturated rings. The molecule has 7 nitrogen and oxygen atoms in total. The number of ether oxygens (including phenoxy) is 1. The monoisotopic (exact) mass is 415 g/mol. The summed E-state index contributed by atoms with van der Waals surface area (Å²) in [5, 5.41) is 8.61. The molecule has 2 aromatic rings. The number of halogens is 3. The molecule has 1 N–H and O–H groups in total. The number of pyridine rings is 1. The van der Waals surface area contributed by atoms with E-state index in [1.54, 1.807) is 4.90 Å². The predicted octanol–water partition coefficient (Wildman–Crippen LogP) is 2.85. The van der Waals surface area contributed by atoms with E-state index in [2.05, 4.69) is 9.64 Å². The number of rotatable bonds is 3. The van der Waals surface area contributed by atoms with Gasteiger partial charge in [-0.1, -0.05) is 0 Å². The van der Waals surface area contributed by atoms with Crippen molar-refractivity contribution in [2.75, 3.05) is 38.1 Å². The number of aromatic nitrogens is 1. The molecule has 2 aliphatic rings. The summed E-state index contributed by atoms with van der Waals surface area (Å²) in [5.74, 6) is -2.08. The molecule has 1 saturated heterocycles. The Morgan fingerprint density at radius 1 is 1.21 bits per heavy atom. The third-order valence-corrected chi connectivity index (χ3v) is 5.11. The summed E-state index contributed by atoms with van der Waals surface area (Å²) in [6.45, 7) is 2.31. The van der Waals surface area contributed by atoms with Crippen molar-refractivity contribution in [2.24, 2.45) is 0 Å². The topological polar surface area (TPSA) is 75.0 Å². The van der Waals surface area contributed by atoms with Gasteiger partial charge in [0.1, 0.15) is 11.5 Å². The van der Waals surface area contributed by atoms with Crippen LogP contribution < -0.4 is 15.1 Å². The van der Waals surface area contributed by atoms with E-state index >= 15 is 4.39 Å². The molecule has 1 aliphatic carbocycles. The minimum Gasteiger partial charge on any atom is -0.449 e. The fraction of sp³-hybridized carbons (Fsp3) is 0.444. The zero-order chi connectivity index (χ0) is 19.3. The van der Waals surface area contributed by atoms with Crippen LogP contribution in [0.4, 0.5) is 19.3 Å². The maximum Gasteiger partial charge on any atom is 0.511 e. The molecule has 0 amide bonds. The van der Waals surface area contributed by atoms with Crippen molar-refractivity contribution in [1.29, 1.82) is 0 Å². The Morgan fingerprint density at radius 3 is 2.43 bits per heavy atom. The van der Waals surface area contributed by atoms with E-state index in [-0.39, 0.29) is 35.0 Å². The molecule has 2 heterocycles. The lowest BCUT2D eigenvalue weighted by Crippen LogP contribution is -2.45. The zero-order valence-electron chi connectivity index (χ0n) is 15.2. The van der Waals surface area contributed by atoms with E-state index < -0.39 is 29.0 Å². The van der Waals surface area contributed by atoms with Gasteiger partial charge in [-0.25, -0.2) is 13.6 Å². The van der Waals surface area contributed by atoms with E-state index in [9.17, 15) is 14.0 Å². The number of carbonyl (C=O) groups is 1. The van der Waals surface area contributed by atoms with Crippen LogP contribution in [0.25, 0.3) is 10.9 Å². The summed E-state index contributed by atoms with van der Waals surface area (Å²) in [6, 6.07) is 0.923. The van der Waals surface area contributed by atoms with Gasteiger partial charge in [0, 0.05) is 32.2 Å². The van der Waals surface area contributed by atoms with Gasteiger partial charge < -0.3 is 24.2 Å². The number of hydrogen-bond acceptors (Lipinski definition) is 5. The second-order valence-electron chi connectivity index (χ2n) is 7.04. The third-order valence-electron chi connectivity index (χ3n) is 5.11. The lowest BCUT2D eigenvalue weighted by atomic mass is 10.1. The van der Waals surface area contributed by atoms with Crippen molar-refractivity contribution in [1.82, 2.24) is 9.47 Å². The Kier molecular flexibility index (Phi) is 5.49. The van der Waals surface area contributed by atoms with Gasteiger partial charge in [0.05, 0.1) is 17.1 Å². The Morgan fingerprint density at radius 2 is 1.86 bits per heavy atom. The summed E-state index contributed by atoms with van der Waals surface area (Å²) in [6.07, 6.45) is 1.10. The van der Waals surface area contributed by atoms with Gasteiger partial charge in [0.15, 0.2) is 11.6 Å². The number of anilines is 1. The number of carboxylic acid groups (broad SMARTS) is 1. The largest absolute Gasteiger partial charge is 0.511 e. The first-order chi connectivity index (χ1) is 12.9. The molecule has 1 aromatic carbocycles. The van der Waals surface area contributed by atoms with Crippen molar-refractivity contribution in [3.63, 3.8) is 0 Å². The molecule has 1 aromatic heterocycles. The third kappa shape index (κ3) is 3.51. The molecular weight excluding hydrogens is 396 g/mol. The molecule has 0 radical (unpaired) electrons. The number of benzene rings is 1. The maximum atomic E-state index is 15.4. The van der Waals surface area contributed by atoms with Gasteiger partial charge in [-0.15, -0.1) is 12.4 Å². The van der Waals surface area contributed by atoms with Gasteiger partial charge in [0.25, 0.3) is 0 Å². The van der Waals surface area contributed by atoms with Crippen LogP contribution in [0.5, 0.6) is 5.75 Å². The van der Waals surface area contributed by atoms with Gasteiger partial charge in [0.2, 0.25) is 5.43 Å². The van der Waals surface area contributed by atoms with Crippen LogP contribution in [0.1, 0.15) is 18.9 Å². The molecule has 4 rings (SSSR count). The summed E-state index contributed by atoms with van der Waals surface area (Å²) >= 11 is 0. The summed E-state index contributed by atoms with van der Waals surface area (Å²) in [4.78, 5) is 27.1. The molecule has 0 bridgehead atoms. The molecule has 10 heteroatoms. The van der Waals surface area contributed by atoms with E-state index in [0.717, 1.165) is 18.9 Å². The first kappa shape index (κ1) is 20.3. The average Bonchev–Trinajstić information content (AvgIpc) is 3.44. The number of piperazine rings is 1. The molecule has 1 aliphatic heterocycles. The highest BCUT2D eigenvalue weighted by molar-refractivity contribution is 5.86. The molecular formula is C18H20ClF2N3O4. The highest BCUT2D eigenvalue weighted by Crippen LogP contribution is 2.40. The average molecular weight is 416 g/mol. The normalized spacial score (nSPS) is 17.5. The van der Waals surface area contributed by atoms with Gasteiger partial charge in [-0.05, 0) is 26.0 Å². The maximum absolute atomic E-state index is 15.4. The van der Waals surface area contributed by atoms with E-state index in [1.165, 1.54) is 10.8 Å². The van der Waals surface area contributed by atoms with Crippen LogP contribution in [0, 0.1) is 11.6 Å². The van der Waals surface area contributed by atoms with Crippen LogP contribution in [-0.4, -0.2) is 54.0 Å². The van der Waals surface area contributed by atoms with Crippen LogP contribution in [-0.2, 0) is 0 Å². The summed E-state index contributed by atoms with van der Waals surface area (Å²) in [5.41, 5.74) is -0.987. The highest BCUT2D eigenvalue weighted by Gasteiger charge is 2.31. The molecule has 1 saturated carbocycles. The van der Waals surface area contributed by atoms with Gasteiger partial charge in [-0.2, -0.15) is 0 Å². The molecule has 0 spiro atoms. The number of likely N-dealkylation sites (N-methyl/N-ethyl adjacent to an activating group) is 1. The first-order valence-electron chi connectivity index (χ1n) is 8.78. The summed E-state index contributed by atoms with van der Waals surface area (Å²) < 4.78 is 36.2. The van der Waals surface area contributed by atoms with Gasteiger partial charge >= 0.3 is 6.16 Å². The number of fused-ring (bicyclic) bond motifs is 1. The Bertz CT molecular complexity index is 985. The molecule has 28 heavy (non-hydrogen) atoms. The highest BCUT2D eigenvalue weighted by atomic mass is 35.5. The smallest absolute Gasteiger partial charge is 0.449 e. The summed E-state index contributed by atoms with van der Waals surface area (Å²) in [7, 11) is 1.94. The first-order valence-corrected chi connectivity index (χ1v) is 8.78. The Labute approximate surface area is 165 Å². The molecule has 0 unspecified atom stereocenters. The lowest BCUT2D eigenvalue weighted by molar-refractivity contribution is 0.143.